The van der Waals surface area contributed by atoms with Crippen LogP contribution in [0.3, 0.4) is 0 Å². The van der Waals surface area contributed by atoms with Crippen LogP contribution in [0, 0.1) is 0 Å². The van der Waals surface area contributed by atoms with Crippen LogP contribution in [-0.4, -0.2) is 46.3 Å². The number of piperidine rings is 1. The molecule has 0 radical (unpaired) electrons. The molecule has 2 aliphatic heterocycles. The molecule has 0 aliphatic carbocycles. The molecule has 1 unspecified atom stereocenters. The number of aromatic nitrogens is 4. The lowest BCUT2D eigenvalue weighted by Gasteiger charge is -2.33. The first-order chi connectivity index (χ1) is 11.3. The Kier molecular flexibility index (Phi) is 3.77. The molecule has 3 N–H and O–H groups in total. The largest absolute Gasteiger partial charge is 0.383 e. The summed E-state index contributed by atoms with van der Waals surface area (Å²) in [6.45, 7) is 4.01. The molecule has 0 saturated carbocycles. The van der Waals surface area contributed by atoms with Gasteiger partial charge in [-0.3, -0.25) is 5.10 Å². The van der Waals surface area contributed by atoms with Crippen LogP contribution in [0.15, 0.2) is 18.3 Å². The number of nitrogen functional groups attached to an aromatic ring is 1. The van der Waals surface area contributed by atoms with Crippen molar-refractivity contribution in [3.05, 3.63) is 24.0 Å². The fourth-order valence-electron chi connectivity index (χ4n) is 3.59. The van der Waals surface area contributed by atoms with E-state index in [0.29, 0.717) is 11.7 Å². The van der Waals surface area contributed by atoms with Gasteiger partial charge in [-0.15, -0.1) is 0 Å². The molecular formula is C16H23N7. The summed E-state index contributed by atoms with van der Waals surface area (Å²) < 4.78 is 0. The number of hydrogen-bond donors (Lipinski definition) is 2. The Balaban J connectivity index is 1.56. The average Bonchev–Trinajstić information content (AvgIpc) is 3.28. The second-order valence-electron chi connectivity index (χ2n) is 6.44. The number of nitrogens with one attached hydrogen (secondary N) is 1. The van der Waals surface area contributed by atoms with Crippen molar-refractivity contribution in [2.24, 2.45) is 0 Å². The Morgan fingerprint density at radius 3 is 2.70 bits per heavy atom. The van der Waals surface area contributed by atoms with Gasteiger partial charge in [-0.1, -0.05) is 0 Å². The first-order valence-electron chi connectivity index (χ1n) is 8.43. The summed E-state index contributed by atoms with van der Waals surface area (Å²) in [6, 6.07) is 3.97. The predicted octanol–water partition coefficient (Wildman–Crippen LogP) is 1.77. The van der Waals surface area contributed by atoms with E-state index in [1.807, 2.05) is 12.3 Å². The highest BCUT2D eigenvalue weighted by atomic mass is 15.3. The molecule has 4 rings (SSSR count). The van der Waals surface area contributed by atoms with Crippen molar-refractivity contribution in [2.45, 2.75) is 31.6 Å². The van der Waals surface area contributed by atoms with Crippen LogP contribution in [0.25, 0.3) is 0 Å². The van der Waals surface area contributed by atoms with Gasteiger partial charge in [0.15, 0.2) is 0 Å². The van der Waals surface area contributed by atoms with Crippen molar-refractivity contribution in [3.8, 4) is 0 Å². The van der Waals surface area contributed by atoms with Gasteiger partial charge >= 0.3 is 0 Å². The number of nitrogens with two attached hydrogens (primary N) is 1. The smallest absolute Gasteiger partial charge is 0.229 e. The van der Waals surface area contributed by atoms with Gasteiger partial charge in [-0.25, -0.2) is 0 Å². The van der Waals surface area contributed by atoms with Crippen LogP contribution >= 0.6 is 0 Å². The van der Waals surface area contributed by atoms with E-state index >= 15 is 0 Å². The normalized spacial score (nSPS) is 21.8. The van der Waals surface area contributed by atoms with Crippen molar-refractivity contribution in [1.82, 2.24) is 20.2 Å². The molecule has 122 valence electrons. The first-order valence-corrected chi connectivity index (χ1v) is 8.43. The fourth-order valence-corrected chi connectivity index (χ4v) is 3.59. The van der Waals surface area contributed by atoms with Gasteiger partial charge in [0.05, 0.1) is 0 Å². The molecule has 0 bridgehead atoms. The maximum Gasteiger partial charge on any atom is 0.229 e. The number of hydrogen-bond acceptors (Lipinski definition) is 6. The van der Waals surface area contributed by atoms with Crippen LogP contribution in [0.1, 0.15) is 37.3 Å². The predicted molar refractivity (Wildman–Crippen MR) is 90.7 cm³/mol. The zero-order valence-corrected chi connectivity index (χ0v) is 13.3. The third-order valence-corrected chi connectivity index (χ3v) is 4.82. The van der Waals surface area contributed by atoms with Crippen LogP contribution < -0.4 is 15.5 Å². The van der Waals surface area contributed by atoms with Crippen molar-refractivity contribution in [1.29, 1.82) is 0 Å². The molecule has 0 amide bonds. The Morgan fingerprint density at radius 2 is 1.91 bits per heavy atom. The minimum absolute atomic E-state index is 0.470. The Bertz CT molecular complexity index is 648. The number of aromatic amines is 1. The highest BCUT2D eigenvalue weighted by Gasteiger charge is 2.25. The molecular weight excluding hydrogens is 290 g/mol. The van der Waals surface area contributed by atoms with Crippen LogP contribution in [0.2, 0.25) is 0 Å². The van der Waals surface area contributed by atoms with Crippen LogP contribution in [0.5, 0.6) is 0 Å². The summed E-state index contributed by atoms with van der Waals surface area (Å²) in [5.41, 5.74) is 7.25. The van der Waals surface area contributed by atoms with Crippen LogP contribution in [0.4, 0.5) is 17.6 Å². The highest BCUT2D eigenvalue weighted by Crippen LogP contribution is 2.29. The van der Waals surface area contributed by atoms with E-state index in [9.17, 15) is 0 Å². The lowest BCUT2D eigenvalue weighted by molar-refractivity contribution is 0.498. The lowest BCUT2D eigenvalue weighted by atomic mass is 9.95. The molecule has 2 fully saturated rings. The summed E-state index contributed by atoms with van der Waals surface area (Å²) >= 11 is 0. The number of nitrogens with zero attached hydrogens (tertiary/aromatic N) is 5. The van der Waals surface area contributed by atoms with Gasteiger partial charge < -0.3 is 15.5 Å². The van der Waals surface area contributed by atoms with Gasteiger partial charge in [0.25, 0.3) is 0 Å². The van der Waals surface area contributed by atoms with E-state index in [2.05, 4.69) is 31.0 Å². The summed E-state index contributed by atoms with van der Waals surface area (Å²) in [6.07, 6.45) is 6.56. The maximum absolute atomic E-state index is 6.04. The summed E-state index contributed by atoms with van der Waals surface area (Å²) in [7, 11) is 0. The standard InChI is InChI=1S/C16H23N7/c17-14-10-15(20-16(19-14)22-7-1-2-8-22)23-9-3-4-12(11-23)13-5-6-18-21-13/h5-6,10,12H,1-4,7-9,11H2,(H,18,21)(H2,17,19,20). The second kappa shape index (κ2) is 6.06. The SMILES string of the molecule is Nc1cc(N2CCCC(c3ccn[nH]3)C2)nc(N2CCCC2)n1. The quantitative estimate of drug-likeness (QED) is 0.898. The Hall–Kier alpha value is -2.31. The zero-order valence-electron chi connectivity index (χ0n) is 13.3. The molecule has 1 atom stereocenters. The fraction of sp³-hybridized carbons (Fsp3) is 0.562. The van der Waals surface area contributed by atoms with Gasteiger partial charge in [0.2, 0.25) is 5.95 Å². The molecule has 0 spiro atoms. The molecule has 0 aromatic carbocycles. The van der Waals surface area contributed by atoms with Crippen molar-refractivity contribution >= 4 is 17.6 Å². The van der Waals surface area contributed by atoms with E-state index in [-0.39, 0.29) is 0 Å². The second-order valence-corrected chi connectivity index (χ2v) is 6.44. The number of rotatable bonds is 3. The molecule has 7 heteroatoms. The molecule has 4 heterocycles. The molecule has 7 nitrogen and oxygen atoms in total. The Morgan fingerprint density at radius 1 is 1.09 bits per heavy atom. The third kappa shape index (κ3) is 2.95. The van der Waals surface area contributed by atoms with Gasteiger partial charge in [-0.2, -0.15) is 15.1 Å². The summed E-state index contributed by atoms with van der Waals surface area (Å²) in [4.78, 5) is 13.8. The van der Waals surface area contributed by atoms with E-state index < -0.39 is 0 Å². The van der Waals surface area contributed by atoms with E-state index in [0.717, 1.165) is 44.4 Å². The van der Waals surface area contributed by atoms with Crippen molar-refractivity contribution in [2.75, 3.05) is 41.7 Å². The van der Waals surface area contributed by atoms with E-state index in [1.165, 1.54) is 25.0 Å². The van der Waals surface area contributed by atoms with Crippen molar-refractivity contribution in [3.63, 3.8) is 0 Å². The molecule has 2 aromatic rings. The van der Waals surface area contributed by atoms with E-state index in [4.69, 9.17) is 10.7 Å². The first kappa shape index (κ1) is 14.3. The zero-order chi connectivity index (χ0) is 15.6. The molecule has 2 saturated heterocycles. The summed E-state index contributed by atoms with van der Waals surface area (Å²) in [5.74, 6) is 2.75. The molecule has 2 aliphatic rings. The van der Waals surface area contributed by atoms with Gasteiger partial charge in [0, 0.05) is 50.1 Å². The minimum atomic E-state index is 0.470. The average molecular weight is 313 g/mol. The highest BCUT2D eigenvalue weighted by molar-refractivity contribution is 5.53. The maximum atomic E-state index is 6.04. The lowest BCUT2D eigenvalue weighted by Crippen LogP contribution is -2.35. The van der Waals surface area contributed by atoms with Gasteiger partial charge in [0.1, 0.15) is 11.6 Å². The van der Waals surface area contributed by atoms with E-state index in [1.54, 1.807) is 0 Å². The topological polar surface area (TPSA) is 87.0 Å². The minimum Gasteiger partial charge on any atom is -0.383 e. The third-order valence-electron chi connectivity index (χ3n) is 4.82. The number of H-pyrrole nitrogens is 1. The van der Waals surface area contributed by atoms with Gasteiger partial charge in [-0.05, 0) is 31.7 Å². The number of anilines is 3. The van der Waals surface area contributed by atoms with Crippen LogP contribution in [-0.2, 0) is 0 Å². The molecule has 23 heavy (non-hydrogen) atoms. The molecule has 2 aromatic heterocycles. The Labute approximate surface area is 135 Å². The summed E-state index contributed by atoms with van der Waals surface area (Å²) in [5, 5.41) is 7.18. The van der Waals surface area contributed by atoms with Crippen molar-refractivity contribution < 1.29 is 0 Å². The monoisotopic (exact) mass is 313 g/mol.